The van der Waals surface area contributed by atoms with E-state index in [0.29, 0.717) is 43.2 Å². The van der Waals surface area contributed by atoms with Gasteiger partial charge in [0.05, 0.1) is 12.1 Å². The molecule has 0 unspecified atom stereocenters. The van der Waals surface area contributed by atoms with Crippen LogP contribution in [0, 0.1) is 0 Å². The average Bonchev–Trinajstić information content (AvgIpc) is 3.40. The van der Waals surface area contributed by atoms with Crippen molar-refractivity contribution >= 4 is 28.7 Å². The molecule has 0 saturated carbocycles. The highest BCUT2D eigenvalue weighted by atomic mass is 19.4. The third kappa shape index (κ3) is 4.21. The number of alkyl halides is 5. The van der Waals surface area contributed by atoms with E-state index in [0.717, 1.165) is 16.8 Å². The standard InChI is InChI=1S/C21H20F5N7O/c22-20(23)7-8-32(13-20)17-6-5-16-18(27-17)33(29-28-16)19(34)31-11-9-30(10-12-31)15-3-1-14(2-4-15)21(24,25)26/h1-6H,7-13H2. The van der Waals surface area contributed by atoms with E-state index >= 15 is 0 Å². The van der Waals surface area contributed by atoms with Crippen LogP contribution < -0.4 is 9.80 Å². The Kier molecular flexibility index (Phi) is 5.29. The van der Waals surface area contributed by atoms with Gasteiger partial charge in [0.2, 0.25) is 0 Å². The number of rotatable bonds is 2. The number of anilines is 2. The van der Waals surface area contributed by atoms with Gasteiger partial charge in [0.25, 0.3) is 5.92 Å². The Morgan fingerprint density at radius 2 is 1.62 bits per heavy atom. The van der Waals surface area contributed by atoms with Crippen LogP contribution in [-0.4, -0.2) is 76.1 Å². The number of hydrogen-bond acceptors (Lipinski definition) is 6. The van der Waals surface area contributed by atoms with E-state index in [1.54, 1.807) is 17.0 Å². The summed E-state index contributed by atoms with van der Waals surface area (Å²) < 4.78 is 66.6. The summed E-state index contributed by atoms with van der Waals surface area (Å²) in [5.41, 5.74) is 0.474. The first-order valence-corrected chi connectivity index (χ1v) is 10.7. The van der Waals surface area contributed by atoms with Crippen molar-refractivity contribution < 1.29 is 26.7 Å². The number of piperazine rings is 1. The van der Waals surface area contributed by atoms with Crippen LogP contribution in [-0.2, 0) is 6.18 Å². The van der Waals surface area contributed by atoms with Gasteiger partial charge < -0.3 is 14.7 Å². The van der Waals surface area contributed by atoms with E-state index in [-0.39, 0.29) is 18.6 Å². The molecule has 3 aromatic rings. The van der Waals surface area contributed by atoms with Crippen molar-refractivity contribution in [3.63, 3.8) is 0 Å². The molecule has 13 heteroatoms. The van der Waals surface area contributed by atoms with Crippen LogP contribution in [0.25, 0.3) is 11.2 Å². The number of halogens is 5. The van der Waals surface area contributed by atoms with Crippen LogP contribution in [0.15, 0.2) is 36.4 Å². The number of pyridine rings is 1. The predicted molar refractivity (Wildman–Crippen MR) is 113 cm³/mol. The summed E-state index contributed by atoms with van der Waals surface area (Å²) in [4.78, 5) is 22.4. The molecule has 180 valence electrons. The minimum atomic E-state index is -4.40. The Morgan fingerprint density at radius 3 is 2.24 bits per heavy atom. The van der Waals surface area contributed by atoms with Crippen molar-refractivity contribution in [1.29, 1.82) is 0 Å². The van der Waals surface area contributed by atoms with Gasteiger partial charge in [-0.15, -0.1) is 9.78 Å². The maximum Gasteiger partial charge on any atom is 0.416 e. The van der Waals surface area contributed by atoms with Gasteiger partial charge in [0, 0.05) is 44.8 Å². The molecule has 8 nitrogen and oxygen atoms in total. The SMILES string of the molecule is O=C(N1CCN(c2ccc(C(F)(F)F)cc2)CC1)n1nnc2ccc(N3CCC(F)(F)C3)nc21. The van der Waals surface area contributed by atoms with Crippen molar-refractivity contribution in [1.82, 2.24) is 24.9 Å². The van der Waals surface area contributed by atoms with E-state index in [9.17, 15) is 26.7 Å². The molecule has 0 aliphatic carbocycles. The molecule has 2 saturated heterocycles. The second-order valence-corrected chi connectivity index (χ2v) is 8.34. The van der Waals surface area contributed by atoms with E-state index < -0.39 is 30.2 Å². The molecule has 0 N–H and O–H groups in total. The third-order valence-electron chi connectivity index (χ3n) is 6.07. The lowest BCUT2D eigenvalue weighted by Gasteiger charge is -2.35. The largest absolute Gasteiger partial charge is 0.416 e. The first-order chi connectivity index (χ1) is 16.1. The Hall–Kier alpha value is -3.51. The molecule has 0 spiro atoms. The summed E-state index contributed by atoms with van der Waals surface area (Å²) in [5.74, 6) is -2.45. The van der Waals surface area contributed by atoms with Gasteiger partial charge >= 0.3 is 12.2 Å². The molecule has 4 heterocycles. The molecule has 0 radical (unpaired) electrons. The van der Waals surface area contributed by atoms with Gasteiger partial charge in [-0.2, -0.15) is 13.2 Å². The second-order valence-electron chi connectivity index (χ2n) is 8.34. The van der Waals surface area contributed by atoms with Gasteiger partial charge in [-0.3, -0.25) is 0 Å². The van der Waals surface area contributed by atoms with Crippen LogP contribution in [0.3, 0.4) is 0 Å². The average molecular weight is 481 g/mol. The fourth-order valence-electron chi connectivity index (χ4n) is 4.19. The summed E-state index contributed by atoms with van der Waals surface area (Å²) in [5, 5.41) is 7.86. The molecule has 0 bridgehead atoms. The first-order valence-electron chi connectivity index (χ1n) is 10.7. The molecule has 5 rings (SSSR count). The van der Waals surface area contributed by atoms with Crippen molar-refractivity contribution in [3.05, 3.63) is 42.0 Å². The monoisotopic (exact) mass is 481 g/mol. The van der Waals surface area contributed by atoms with E-state index in [2.05, 4.69) is 15.3 Å². The number of carbonyl (C=O) groups is 1. The quantitative estimate of drug-likeness (QED) is 0.522. The number of benzene rings is 1. The summed E-state index contributed by atoms with van der Waals surface area (Å²) in [6, 6.07) is 7.62. The molecule has 2 aliphatic rings. The first kappa shape index (κ1) is 22.3. The number of nitrogens with zero attached hydrogens (tertiary/aromatic N) is 7. The maximum atomic E-state index is 13.6. The van der Waals surface area contributed by atoms with E-state index in [1.807, 2.05) is 4.90 Å². The molecular weight excluding hydrogens is 461 g/mol. The highest BCUT2D eigenvalue weighted by Gasteiger charge is 2.39. The number of amides is 1. The maximum absolute atomic E-state index is 13.6. The molecule has 1 amide bonds. The Bertz CT molecular complexity index is 1200. The highest BCUT2D eigenvalue weighted by Crippen LogP contribution is 2.32. The second kappa shape index (κ2) is 8.06. The lowest BCUT2D eigenvalue weighted by molar-refractivity contribution is -0.137. The lowest BCUT2D eigenvalue weighted by atomic mass is 10.1. The van der Waals surface area contributed by atoms with Gasteiger partial charge in [-0.05, 0) is 36.4 Å². The molecule has 2 fully saturated rings. The number of aromatic nitrogens is 4. The molecular formula is C21H20F5N7O. The minimum Gasteiger partial charge on any atom is -0.368 e. The van der Waals surface area contributed by atoms with E-state index in [4.69, 9.17) is 0 Å². The predicted octanol–water partition coefficient (Wildman–Crippen LogP) is 3.48. The van der Waals surface area contributed by atoms with Crippen molar-refractivity contribution in [2.24, 2.45) is 0 Å². The minimum absolute atomic E-state index is 0.160. The normalized spacial score (nSPS) is 18.7. The van der Waals surface area contributed by atoms with Crippen molar-refractivity contribution in [2.45, 2.75) is 18.5 Å². The smallest absolute Gasteiger partial charge is 0.368 e. The van der Waals surface area contributed by atoms with Gasteiger partial charge in [0.15, 0.2) is 5.65 Å². The Labute approximate surface area is 190 Å². The van der Waals surface area contributed by atoms with Crippen LogP contribution in [0.1, 0.15) is 12.0 Å². The van der Waals surface area contributed by atoms with Gasteiger partial charge in [0.1, 0.15) is 11.3 Å². The number of fused-ring (bicyclic) bond motifs is 1. The topological polar surface area (TPSA) is 70.4 Å². The molecule has 1 aromatic carbocycles. The van der Waals surface area contributed by atoms with Gasteiger partial charge in [-0.1, -0.05) is 5.21 Å². The summed E-state index contributed by atoms with van der Waals surface area (Å²) in [7, 11) is 0. The lowest BCUT2D eigenvalue weighted by Crippen LogP contribution is -2.50. The van der Waals surface area contributed by atoms with Crippen LogP contribution in [0.5, 0.6) is 0 Å². The van der Waals surface area contributed by atoms with Crippen LogP contribution in [0.4, 0.5) is 38.3 Å². The third-order valence-corrected chi connectivity index (χ3v) is 6.07. The highest BCUT2D eigenvalue weighted by molar-refractivity contribution is 5.86. The summed E-state index contributed by atoms with van der Waals surface area (Å²) in [6.45, 7) is 1.20. The zero-order valence-electron chi connectivity index (χ0n) is 17.8. The van der Waals surface area contributed by atoms with Crippen molar-refractivity contribution in [2.75, 3.05) is 49.1 Å². The van der Waals surface area contributed by atoms with Crippen LogP contribution >= 0.6 is 0 Å². The fourth-order valence-corrected chi connectivity index (χ4v) is 4.19. The van der Waals surface area contributed by atoms with Crippen LogP contribution in [0.2, 0.25) is 0 Å². The van der Waals surface area contributed by atoms with E-state index in [1.165, 1.54) is 17.0 Å². The number of carbonyl (C=O) groups excluding carboxylic acids is 1. The molecule has 2 aromatic heterocycles. The Balaban J connectivity index is 1.28. The van der Waals surface area contributed by atoms with Gasteiger partial charge in [-0.25, -0.2) is 18.6 Å². The van der Waals surface area contributed by atoms with Crippen molar-refractivity contribution in [3.8, 4) is 0 Å². The molecule has 34 heavy (non-hydrogen) atoms. The number of hydrogen-bond donors (Lipinski definition) is 0. The Morgan fingerprint density at radius 1 is 0.912 bits per heavy atom. The summed E-state index contributed by atoms with van der Waals surface area (Å²) >= 11 is 0. The summed E-state index contributed by atoms with van der Waals surface area (Å²) in [6.07, 6.45) is -4.65. The zero-order valence-corrected chi connectivity index (χ0v) is 17.8. The fraction of sp³-hybridized carbons (Fsp3) is 0.429. The molecule has 2 aliphatic heterocycles. The molecule has 0 atom stereocenters. The zero-order chi connectivity index (χ0) is 24.1.